The molecule has 9 heteroatoms. The molecule has 24 heavy (non-hydrogen) atoms. The molecular weight excluding hydrogens is 400 g/mol. The minimum atomic E-state index is -1.26. The van der Waals surface area contributed by atoms with Gasteiger partial charge in [-0.05, 0) is 46.9 Å². The molecule has 1 amide bonds. The SMILES string of the molecule is O=C(N[C@H]1CN2CC[C@H]1C2)c1ccc(Br)s1.O=C(O)/C=C/C(=O)O. The fraction of sp³-hybridized carbons (Fsp3) is 0.400. The Labute approximate surface area is 151 Å². The Balaban J connectivity index is 0.000000224. The van der Waals surface area contributed by atoms with Crippen molar-refractivity contribution >= 4 is 45.1 Å². The summed E-state index contributed by atoms with van der Waals surface area (Å²) >= 11 is 4.87. The summed E-state index contributed by atoms with van der Waals surface area (Å²) < 4.78 is 1.01. The number of carboxylic acids is 2. The van der Waals surface area contributed by atoms with Gasteiger partial charge in [-0.1, -0.05) is 0 Å². The van der Waals surface area contributed by atoms with Crippen LogP contribution in [0.15, 0.2) is 28.1 Å². The molecule has 1 aromatic heterocycles. The van der Waals surface area contributed by atoms with Crippen LogP contribution in [-0.2, 0) is 9.59 Å². The van der Waals surface area contributed by atoms with Gasteiger partial charge in [0.15, 0.2) is 0 Å². The number of fused-ring (bicyclic) bond motifs is 2. The summed E-state index contributed by atoms with van der Waals surface area (Å²) in [6.45, 7) is 3.41. The van der Waals surface area contributed by atoms with Crippen molar-refractivity contribution in [3.63, 3.8) is 0 Å². The summed E-state index contributed by atoms with van der Waals surface area (Å²) in [5, 5.41) is 18.8. The zero-order valence-electron chi connectivity index (χ0n) is 12.6. The van der Waals surface area contributed by atoms with Crippen molar-refractivity contribution in [3.05, 3.63) is 32.9 Å². The number of carbonyl (C=O) groups excluding carboxylic acids is 1. The third-order valence-corrected chi connectivity index (χ3v) is 5.44. The van der Waals surface area contributed by atoms with E-state index in [1.54, 1.807) is 0 Å². The number of aliphatic carboxylic acids is 2. The first-order chi connectivity index (χ1) is 11.3. The fourth-order valence-corrected chi connectivity index (χ4v) is 4.06. The fourth-order valence-electron chi connectivity index (χ4n) is 2.77. The number of piperidine rings is 1. The van der Waals surface area contributed by atoms with E-state index in [9.17, 15) is 14.4 Å². The van der Waals surface area contributed by atoms with E-state index < -0.39 is 11.9 Å². The van der Waals surface area contributed by atoms with Crippen molar-refractivity contribution < 1.29 is 24.6 Å². The monoisotopic (exact) mass is 416 g/mol. The molecular formula is C15H17BrN2O5S. The number of carbonyl (C=O) groups is 3. The second-order valence-corrected chi connectivity index (χ2v) is 7.96. The largest absolute Gasteiger partial charge is 0.478 e. The van der Waals surface area contributed by atoms with E-state index >= 15 is 0 Å². The van der Waals surface area contributed by atoms with Crippen LogP contribution in [0, 0.1) is 5.92 Å². The predicted octanol–water partition coefficient (Wildman–Crippen LogP) is 1.66. The number of hydrogen-bond donors (Lipinski definition) is 3. The third-order valence-electron chi connectivity index (χ3n) is 3.81. The lowest BCUT2D eigenvalue weighted by Gasteiger charge is -2.22. The van der Waals surface area contributed by atoms with Gasteiger partial charge in [-0.2, -0.15) is 0 Å². The molecule has 2 bridgehead atoms. The molecule has 2 aliphatic heterocycles. The van der Waals surface area contributed by atoms with Gasteiger partial charge in [0.25, 0.3) is 5.91 Å². The van der Waals surface area contributed by atoms with Crippen LogP contribution in [0.1, 0.15) is 16.1 Å². The first kappa shape index (κ1) is 18.6. The maximum atomic E-state index is 12.0. The number of nitrogens with zero attached hydrogens (tertiary/aromatic N) is 1. The number of halogens is 1. The number of thiophene rings is 1. The molecule has 130 valence electrons. The average Bonchev–Trinajstić information content (AvgIpc) is 3.22. The van der Waals surface area contributed by atoms with Crippen molar-refractivity contribution in [2.24, 2.45) is 5.92 Å². The standard InChI is InChI=1S/C11H13BrN2OS.C4H4O4/c12-10-2-1-9(16-10)11(15)13-8-6-14-4-3-7(8)5-14;5-3(6)1-2-4(7)8/h1-2,7-8H,3-6H2,(H,13,15);1-2H,(H,5,6)(H,7,8)/b;2-1+/t7-,8-;/m0./s1. The Morgan fingerprint density at radius 1 is 1.21 bits per heavy atom. The van der Waals surface area contributed by atoms with Crippen molar-refractivity contribution in [1.29, 1.82) is 0 Å². The van der Waals surface area contributed by atoms with Gasteiger partial charge in [0.05, 0.1) is 8.66 Å². The van der Waals surface area contributed by atoms with Crippen LogP contribution in [0.5, 0.6) is 0 Å². The predicted molar refractivity (Wildman–Crippen MR) is 92.2 cm³/mol. The number of rotatable bonds is 4. The highest BCUT2D eigenvalue weighted by Crippen LogP contribution is 2.28. The number of hydrogen-bond acceptors (Lipinski definition) is 5. The molecule has 1 unspecified atom stereocenters. The zero-order chi connectivity index (χ0) is 17.7. The van der Waals surface area contributed by atoms with Crippen molar-refractivity contribution in [1.82, 2.24) is 10.2 Å². The summed E-state index contributed by atoms with van der Waals surface area (Å²) in [6.07, 6.45) is 2.35. The molecule has 0 radical (unpaired) electrons. The minimum absolute atomic E-state index is 0.0782. The number of amides is 1. The first-order valence-electron chi connectivity index (χ1n) is 7.27. The van der Waals surface area contributed by atoms with E-state index in [2.05, 4.69) is 26.1 Å². The highest BCUT2D eigenvalue weighted by molar-refractivity contribution is 9.11. The van der Waals surface area contributed by atoms with Gasteiger partial charge in [-0.25, -0.2) is 9.59 Å². The second-order valence-electron chi connectivity index (χ2n) is 5.50. The van der Waals surface area contributed by atoms with Crippen LogP contribution < -0.4 is 5.32 Å². The van der Waals surface area contributed by atoms with Crippen LogP contribution in [-0.4, -0.2) is 58.6 Å². The van der Waals surface area contributed by atoms with Gasteiger partial charge in [-0.3, -0.25) is 4.79 Å². The van der Waals surface area contributed by atoms with E-state index in [0.29, 0.717) is 24.1 Å². The topological polar surface area (TPSA) is 107 Å². The molecule has 2 fully saturated rings. The van der Waals surface area contributed by atoms with Crippen LogP contribution >= 0.6 is 27.3 Å². The van der Waals surface area contributed by atoms with Crippen molar-refractivity contribution in [2.75, 3.05) is 19.6 Å². The lowest BCUT2D eigenvalue weighted by Crippen LogP contribution is -2.42. The van der Waals surface area contributed by atoms with Crippen molar-refractivity contribution in [3.8, 4) is 0 Å². The molecule has 2 aliphatic rings. The lowest BCUT2D eigenvalue weighted by atomic mass is 10.00. The molecule has 3 rings (SSSR count). The molecule has 1 aromatic rings. The highest BCUT2D eigenvalue weighted by atomic mass is 79.9. The van der Waals surface area contributed by atoms with Gasteiger partial charge in [0, 0.05) is 31.3 Å². The molecule has 7 nitrogen and oxygen atoms in total. The molecule has 3 atom stereocenters. The molecule has 0 spiro atoms. The Bertz CT molecular complexity index is 644. The summed E-state index contributed by atoms with van der Waals surface area (Å²) in [4.78, 5) is 34.3. The van der Waals surface area contributed by atoms with Gasteiger partial charge >= 0.3 is 11.9 Å². The third kappa shape index (κ3) is 5.43. The molecule has 2 saturated heterocycles. The lowest BCUT2D eigenvalue weighted by molar-refractivity contribution is -0.134. The van der Waals surface area contributed by atoms with E-state index in [4.69, 9.17) is 10.2 Å². The van der Waals surface area contributed by atoms with Crippen LogP contribution in [0.25, 0.3) is 0 Å². The van der Waals surface area contributed by atoms with E-state index in [-0.39, 0.29) is 5.91 Å². The first-order valence-corrected chi connectivity index (χ1v) is 8.88. The van der Waals surface area contributed by atoms with Gasteiger partial charge in [0.2, 0.25) is 0 Å². The molecule has 0 aliphatic carbocycles. The average molecular weight is 417 g/mol. The molecule has 0 aromatic carbocycles. The Morgan fingerprint density at radius 3 is 2.29 bits per heavy atom. The van der Waals surface area contributed by atoms with Crippen LogP contribution in [0.3, 0.4) is 0 Å². The maximum Gasteiger partial charge on any atom is 0.328 e. The van der Waals surface area contributed by atoms with E-state index in [1.807, 2.05) is 12.1 Å². The second kappa shape index (κ2) is 8.41. The zero-order valence-corrected chi connectivity index (χ0v) is 15.0. The Morgan fingerprint density at radius 2 is 1.88 bits per heavy atom. The Hall–Kier alpha value is -1.71. The summed E-state index contributed by atoms with van der Waals surface area (Å²) in [5.41, 5.74) is 0. The van der Waals surface area contributed by atoms with E-state index in [0.717, 1.165) is 15.2 Å². The van der Waals surface area contributed by atoms with Gasteiger partial charge in [-0.15, -0.1) is 11.3 Å². The normalized spacial score (nSPS) is 24.5. The van der Waals surface area contributed by atoms with Gasteiger partial charge in [0.1, 0.15) is 0 Å². The molecule has 3 N–H and O–H groups in total. The minimum Gasteiger partial charge on any atom is -0.478 e. The van der Waals surface area contributed by atoms with Gasteiger partial charge < -0.3 is 20.4 Å². The smallest absolute Gasteiger partial charge is 0.328 e. The summed E-state index contributed by atoms with van der Waals surface area (Å²) in [5.74, 6) is -1.76. The van der Waals surface area contributed by atoms with Crippen molar-refractivity contribution in [2.45, 2.75) is 12.5 Å². The summed E-state index contributed by atoms with van der Waals surface area (Å²) in [6, 6.07) is 4.16. The highest BCUT2D eigenvalue weighted by Gasteiger charge is 2.38. The number of carboxylic acid groups (broad SMARTS) is 2. The molecule has 3 heterocycles. The molecule has 0 saturated carbocycles. The number of nitrogens with one attached hydrogen (secondary N) is 1. The summed E-state index contributed by atoms with van der Waals surface area (Å²) in [7, 11) is 0. The van der Waals surface area contributed by atoms with Crippen LogP contribution in [0.2, 0.25) is 0 Å². The van der Waals surface area contributed by atoms with Crippen LogP contribution in [0.4, 0.5) is 0 Å². The van der Waals surface area contributed by atoms with E-state index in [1.165, 1.54) is 30.8 Å². The quantitative estimate of drug-likeness (QED) is 0.644. The maximum absolute atomic E-state index is 12.0. The Kier molecular flexibility index (Phi) is 6.52.